The number of nitro groups is 1. The fraction of sp³-hybridized carbons (Fsp3) is 0.111. The smallest absolute Gasteiger partial charge is 0.488 e. The van der Waals surface area contributed by atoms with Gasteiger partial charge in [0.1, 0.15) is 18.9 Å². The number of carbonyl (C=O) groups excluding carboxylic acids is 1. The van der Waals surface area contributed by atoms with Crippen LogP contribution in [0.2, 0.25) is 0 Å². The minimum atomic E-state index is -0.738. The summed E-state index contributed by atoms with van der Waals surface area (Å²) in [5.74, 6) is -0.469. The van der Waals surface area contributed by atoms with E-state index in [9.17, 15) is 14.9 Å². The first kappa shape index (κ1) is 20.1. The van der Waals surface area contributed by atoms with E-state index in [-0.39, 0.29) is 6.54 Å². The standard InChI is InChI=1S/C18H15BrN6O4/c19-15-6-3-4-13(8-15)11-29-16-7-2-1-5-14(16)9-21-22-17(26)10-24-12-20-18(23-24)25(27)28/h1-9,12H,10-11H2,(H,22,26)/b21-9+. The van der Waals surface area contributed by atoms with Gasteiger partial charge in [0.15, 0.2) is 0 Å². The molecule has 0 atom stereocenters. The molecule has 1 heterocycles. The van der Waals surface area contributed by atoms with Gasteiger partial charge in [-0.3, -0.25) is 4.79 Å². The summed E-state index contributed by atoms with van der Waals surface area (Å²) in [7, 11) is 0. The molecule has 0 spiro atoms. The predicted octanol–water partition coefficient (Wildman–Crippen LogP) is 2.68. The first-order valence-electron chi connectivity index (χ1n) is 8.33. The maximum absolute atomic E-state index is 11.9. The van der Waals surface area contributed by atoms with Crippen LogP contribution in [0, 0.1) is 10.1 Å². The van der Waals surface area contributed by atoms with Crippen LogP contribution in [0.1, 0.15) is 11.1 Å². The molecule has 0 aliphatic carbocycles. The second kappa shape index (κ2) is 9.55. The molecular formula is C18H15BrN6O4. The number of carbonyl (C=O) groups is 1. The van der Waals surface area contributed by atoms with Crippen LogP contribution in [0.3, 0.4) is 0 Å². The highest BCUT2D eigenvalue weighted by atomic mass is 79.9. The number of benzene rings is 2. The number of nitrogens with zero attached hydrogens (tertiary/aromatic N) is 5. The second-order valence-electron chi connectivity index (χ2n) is 5.75. The highest BCUT2D eigenvalue weighted by Crippen LogP contribution is 2.19. The van der Waals surface area contributed by atoms with E-state index in [1.54, 1.807) is 12.1 Å². The lowest BCUT2D eigenvalue weighted by Crippen LogP contribution is -2.23. The number of amides is 1. The van der Waals surface area contributed by atoms with Crippen LogP contribution < -0.4 is 10.2 Å². The number of nitrogens with one attached hydrogen (secondary N) is 1. The first-order chi connectivity index (χ1) is 14.0. The molecule has 0 aliphatic heterocycles. The van der Waals surface area contributed by atoms with E-state index in [1.165, 1.54) is 6.21 Å². The number of hydrazone groups is 1. The summed E-state index contributed by atoms with van der Waals surface area (Å²) in [4.78, 5) is 25.2. The van der Waals surface area contributed by atoms with E-state index in [1.807, 2.05) is 36.4 Å². The Morgan fingerprint density at radius 2 is 2.14 bits per heavy atom. The molecule has 0 fully saturated rings. The van der Waals surface area contributed by atoms with Gasteiger partial charge in [0.05, 0.1) is 6.21 Å². The van der Waals surface area contributed by atoms with Crippen molar-refractivity contribution in [3.05, 3.63) is 80.6 Å². The highest BCUT2D eigenvalue weighted by molar-refractivity contribution is 9.10. The van der Waals surface area contributed by atoms with Gasteiger partial charge in [-0.15, -0.1) is 0 Å². The lowest BCUT2D eigenvalue weighted by Gasteiger charge is -2.09. The van der Waals surface area contributed by atoms with Gasteiger partial charge in [-0.1, -0.05) is 45.2 Å². The van der Waals surface area contributed by atoms with Crippen molar-refractivity contribution in [2.75, 3.05) is 0 Å². The fourth-order valence-corrected chi connectivity index (χ4v) is 2.75. The summed E-state index contributed by atoms with van der Waals surface area (Å²) in [5.41, 5.74) is 4.02. The van der Waals surface area contributed by atoms with E-state index >= 15 is 0 Å². The Hall–Kier alpha value is -3.60. The largest absolute Gasteiger partial charge is 0.490 e. The van der Waals surface area contributed by atoms with Crippen molar-refractivity contribution in [1.82, 2.24) is 20.2 Å². The van der Waals surface area contributed by atoms with Crippen molar-refractivity contribution < 1.29 is 14.5 Å². The highest BCUT2D eigenvalue weighted by Gasteiger charge is 2.14. The number of rotatable bonds is 8. The maximum Gasteiger partial charge on any atom is 0.490 e. The van der Waals surface area contributed by atoms with E-state index in [4.69, 9.17) is 4.74 Å². The number of aromatic nitrogens is 3. The minimum absolute atomic E-state index is 0.251. The van der Waals surface area contributed by atoms with Crippen LogP contribution in [-0.4, -0.2) is 31.8 Å². The van der Waals surface area contributed by atoms with Crippen LogP contribution >= 0.6 is 15.9 Å². The summed E-state index contributed by atoms with van der Waals surface area (Å²) in [6.07, 6.45) is 2.56. The van der Waals surface area contributed by atoms with Crippen LogP contribution in [0.15, 0.2) is 64.4 Å². The fourth-order valence-electron chi connectivity index (χ4n) is 2.31. The number of ether oxygens (including phenoxy) is 1. The van der Waals surface area contributed by atoms with E-state index in [0.29, 0.717) is 17.9 Å². The molecule has 1 amide bonds. The molecule has 3 aromatic rings. The Labute approximate surface area is 173 Å². The molecule has 0 saturated heterocycles. The third kappa shape index (κ3) is 5.94. The summed E-state index contributed by atoms with van der Waals surface area (Å²) < 4.78 is 7.87. The lowest BCUT2D eigenvalue weighted by atomic mass is 10.2. The van der Waals surface area contributed by atoms with Crippen LogP contribution in [0.25, 0.3) is 0 Å². The van der Waals surface area contributed by atoms with Crippen molar-refractivity contribution in [2.24, 2.45) is 5.10 Å². The van der Waals surface area contributed by atoms with E-state index < -0.39 is 16.8 Å². The van der Waals surface area contributed by atoms with Crippen molar-refractivity contribution in [2.45, 2.75) is 13.2 Å². The van der Waals surface area contributed by atoms with Crippen molar-refractivity contribution in [1.29, 1.82) is 0 Å². The van der Waals surface area contributed by atoms with Crippen LogP contribution in [0.5, 0.6) is 5.75 Å². The second-order valence-corrected chi connectivity index (χ2v) is 6.66. The van der Waals surface area contributed by atoms with E-state index in [2.05, 4.69) is 36.5 Å². The number of para-hydroxylation sites is 1. The zero-order valence-electron chi connectivity index (χ0n) is 14.9. The summed E-state index contributed by atoms with van der Waals surface area (Å²) in [6, 6.07) is 15.0. The van der Waals surface area contributed by atoms with Gasteiger partial charge in [-0.05, 0) is 34.8 Å². The van der Waals surface area contributed by atoms with Crippen molar-refractivity contribution in [3.63, 3.8) is 0 Å². The Bertz CT molecular complexity index is 1050. The molecule has 0 bridgehead atoms. The van der Waals surface area contributed by atoms with E-state index in [0.717, 1.165) is 21.0 Å². The SMILES string of the molecule is O=C(Cn1cnc([N+](=O)[O-])n1)N/N=C/c1ccccc1OCc1cccc(Br)c1. The zero-order valence-corrected chi connectivity index (χ0v) is 16.5. The average Bonchev–Trinajstić information content (AvgIpc) is 3.16. The molecular weight excluding hydrogens is 444 g/mol. The van der Waals surface area contributed by atoms with Crippen LogP contribution in [0.4, 0.5) is 5.95 Å². The summed E-state index contributed by atoms with van der Waals surface area (Å²) >= 11 is 3.42. The Balaban J connectivity index is 1.57. The average molecular weight is 459 g/mol. The maximum atomic E-state index is 11.9. The molecule has 0 radical (unpaired) electrons. The van der Waals surface area contributed by atoms with Gasteiger partial charge in [-0.2, -0.15) is 9.78 Å². The van der Waals surface area contributed by atoms with Gasteiger partial charge in [0.25, 0.3) is 5.91 Å². The molecule has 29 heavy (non-hydrogen) atoms. The normalized spacial score (nSPS) is 10.8. The lowest BCUT2D eigenvalue weighted by molar-refractivity contribution is -0.394. The first-order valence-corrected chi connectivity index (χ1v) is 9.12. The van der Waals surface area contributed by atoms with Gasteiger partial charge >= 0.3 is 5.95 Å². The van der Waals surface area contributed by atoms with Gasteiger partial charge in [-0.25, -0.2) is 5.43 Å². The van der Waals surface area contributed by atoms with Crippen molar-refractivity contribution in [3.8, 4) is 5.75 Å². The molecule has 0 unspecified atom stereocenters. The molecule has 1 aromatic heterocycles. The molecule has 0 saturated carbocycles. The molecule has 3 rings (SSSR count). The quantitative estimate of drug-likeness (QED) is 0.314. The zero-order chi connectivity index (χ0) is 20.6. The summed E-state index contributed by atoms with van der Waals surface area (Å²) in [5, 5.41) is 18.0. The summed E-state index contributed by atoms with van der Waals surface area (Å²) in [6.45, 7) is 0.126. The Kier molecular flexibility index (Phi) is 6.63. The predicted molar refractivity (Wildman–Crippen MR) is 107 cm³/mol. The third-order valence-electron chi connectivity index (χ3n) is 3.59. The monoisotopic (exact) mass is 458 g/mol. The molecule has 148 valence electrons. The van der Waals surface area contributed by atoms with Gasteiger partial charge < -0.3 is 14.9 Å². The molecule has 10 nitrogen and oxygen atoms in total. The topological polar surface area (TPSA) is 125 Å². The van der Waals surface area contributed by atoms with Crippen LogP contribution in [-0.2, 0) is 17.9 Å². The molecule has 2 aromatic carbocycles. The van der Waals surface area contributed by atoms with Gasteiger partial charge in [0.2, 0.25) is 6.33 Å². The Morgan fingerprint density at radius 1 is 1.31 bits per heavy atom. The van der Waals surface area contributed by atoms with Crippen molar-refractivity contribution >= 4 is 34.0 Å². The molecule has 1 N–H and O–H groups in total. The minimum Gasteiger partial charge on any atom is -0.488 e. The molecule has 0 aliphatic rings. The number of halogens is 1. The molecule has 11 heteroatoms. The van der Waals surface area contributed by atoms with Gasteiger partial charge in [0, 0.05) is 15.1 Å². The number of hydrogen-bond acceptors (Lipinski definition) is 7. The Morgan fingerprint density at radius 3 is 2.90 bits per heavy atom. The number of hydrogen-bond donors (Lipinski definition) is 1. The third-order valence-corrected chi connectivity index (χ3v) is 4.08.